The van der Waals surface area contributed by atoms with E-state index in [9.17, 15) is 0 Å². The van der Waals surface area contributed by atoms with Gasteiger partial charge in [-0.25, -0.2) is 0 Å². The Labute approximate surface area is 95.0 Å². The monoisotopic (exact) mass is 216 g/mol. The van der Waals surface area contributed by atoms with Gasteiger partial charge in [0.1, 0.15) is 0 Å². The van der Waals surface area contributed by atoms with Crippen molar-refractivity contribution in [3.63, 3.8) is 0 Å². The number of nitrogens with zero attached hydrogens (tertiary/aromatic N) is 1. The van der Waals surface area contributed by atoms with Crippen molar-refractivity contribution in [2.24, 2.45) is 5.73 Å². The van der Waals surface area contributed by atoms with Crippen LogP contribution in [0.1, 0.15) is 40.0 Å². The van der Waals surface area contributed by atoms with Crippen molar-refractivity contribution >= 4 is 0 Å². The highest BCUT2D eigenvalue weighted by atomic mass is 16.5. The number of rotatable bonds is 10. The van der Waals surface area contributed by atoms with E-state index >= 15 is 0 Å². The Balaban J connectivity index is 3.43. The van der Waals surface area contributed by atoms with Crippen molar-refractivity contribution in [1.82, 2.24) is 4.90 Å². The van der Waals surface area contributed by atoms with E-state index in [0.29, 0.717) is 6.04 Å². The highest BCUT2D eigenvalue weighted by molar-refractivity contribution is 4.61. The van der Waals surface area contributed by atoms with Gasteiger partial charge in [0.2, 0.25) is 0 Å². The van der Waals surface area contributed by atoms with Crippen LogP contribution in [0, 0.1) is 0 Å². The minimum Gasteiger partial charge on any atom is -0.380 e. The van der Waals surface area contributed by atoms with Gasteiger partial charge in [0.15, 0.2) is 0 Å². The number of hydrogen-bond donors (Lipinski definition) is 1. The Morgan fingerprint density at radius 1 is 1.20 bits per heavy atom. The van der Waals surface area contributed by atoms with Crippen LogP contribution in [-0.2, 0) is 4.74 Å². The first-order valence-corrected chi connectivity index (χ1v) is 6.30. The van der Waals surface area contributed by atoms with Crippen molar-refractivity contribution < 1.29 is 4.74 Å². The molecule has 0 spiro atoms. The van der Waals surface area contributed by atoms with Crippen LogP contribution in [0.15, 0.2) is 0 Å². The molecule has 0 aromatic carbocycles. The fourth-order valence-electron chi connectivity index (χ4n) is 1.55. The maximum absolute atomic E-state index is 5.88. The van der Waals surface area contributed by atoms with Crippen LogP contribution in [-0.4, -0.2) is 43.8 Å². The zero-order valence-electron chi connectivity index (χ0n) is 10.7. The summed E-state index contributed by atoms with van der Waals surface area (Å²) in [7, 11) is 0. The Bertz CT molecular complexity index is 131. The van der Waals surface area contributed by atoms with Crippen molar-refractivity contribution in [1.29, 1.82) is 0 Å². The van der Waals surface area contributed by atoms with Gasteiger partial charge in [0.25, 0.3) is 0 Å². The van der Waals surface area contributed by atoms with E-state index in [1.54, 1.807) is 0 Å². The molecule has 1 unspecified atom stereocenters. The maximum Gasteiger partial charge on any atom is 0.0593 e. The van der Waals surface area contributed by atoms with E-state index in [2.05, 4.69) is 18.7 Å². The summed E-state index contributed by atoms with van der Waals surface area (Å²) in [6, 6.07) is 0.385. The molecule has 0 aliphatic carbocycles. The number of nitrogens with two attached hydrogens (primary N) is 1. The van der Waals surface area contributed by atoms with E-state index < -0.39 is 0 Å². The average molecular weight is 216 g/mol. The molecule has 0 aromatic rings. The van der Waals surface area contributed by atoms with Crippen LogP contribution >= 0.6 is 0 Å². The van der Waals surface area contributed by atoms with E-state index in [1.807, 2.05) is 6.92 Å². The van der Waals surface area contributed by atoms with Gasteiger partial charge in [0.05, 0.1) is 6.61 Å². The Morgan fingerprint density at radius 3 is 2.47 bits per heavy atom. The lowest BCUT2D eigenvalue weighted by Crippen LogP contribution is -2.30. The maximum atomic E-state index is 5.88. The Morgan fingerprint density at radius 2 is 1.93 bits per heavy atom. The molecule has 0 heterocycles. The summed E-state index contributed by atoms with van der Waals surface area (Å²) in [5.41, 5.74) is 5.88. The lowest BCUT2D eigenvalue weighted by Gasteiger charge is -2.20. The minimum absolute atomic E-state index is 0.385. The zero-order chi connectivity index (χ0) is 11.5. The molecule has 92 valence electrons. The van der Waals surface area contributed by atoms with Crippen molar-refractivity contribution in [2.75, 3.05) is 32.8 Å². The van der Waals surface area contributed by atoms with Gasteiger partial charge in [-0.2, -0.15) is 0 Å². The van der Waals surface area contributed by atoms with Gasteiger partial charge < -0.3 is 15.4 Å². The molecule has 3 heteroatoms. The fraction of sp³-hybridized carbons (Fsp3) is 1.00. The molecular weight excluding hydrogens is 188 g/mol. The van der Waals surface area contributed by atoms with Crippen LogP contribution in [0.4, 0.5) is 0 Å². The first-order chi connectivity index (χ1) is 7.24. The second kappa shape index (κ2) is 10.4. The van der Waals surface area contributed by atoms with Crippen molar-refractivity contribution in [3.8, 4) is 0 Å². The number of hydrogen-bond acceptors (Lipinski definition) is 3. The molecule has 2 N–H and O–H groups in total. The largest absolute Gasteiger partial charge is 0.380 e. The van der Waals surface area contributed by atoms with E-state index in [4.69, 9.17) is 10.5 Å². The molecule has 0 aromatic heterocycles. The highest BCUT2D eigenvalue weighted by Crippen LogP contribution is 2.00. The van der Waals surface area contributed by atoms with Crippen molar-refractivity contribution in [3.05, 3.63) is 0 Å². The van der Waals surface area contributed by atoms with E-state index in [1.165, 1.54) is 6.42 Å². The Kier molecular flexibility index (Phi) is 10.3. The summed E-state index contributed by atoms with van der Waals surface area (Å²) < 4.78 is 5.35. The van der Waals surface area contributed by atoms with Crippen molar-refractivity contribution in [2.45, 2.75) is 46.1 Å². The van der Waals surface area contributed by atoms with Crippen LogP contribution in [0.25, 0.3) is 0 Å². The smallest absolute Gasteiger partial charge is 0.0593 e. The highest BCUT2D eigenvalue weighted by Gasteiger charge is 2.03. The molecular formula is C12H28N2O. The molecule has 0 aliphatic rings. The van der Waals surface area contributed by atoms with Crippen LogP contribution < -0.4 is 5.73 Å². The van der Waals surface area contributed by atoms with E-state index in [-0.39, 0.29) is 0 Å². The second-order valence-electron chi connectivity index (χ2n) is 3.94. The van der Waals surface area contributed by atoms with Gasteiger partial charge in [-0.15, -0.1) is 0 Å². The lowest BCUT2D eigenvalue weighted by atomic mass is 10.1. The van der Waals surface area contributed by atoms with Gasteiger partial charge in [-0.3, -0.25) is 0 Å². The molecule has 15 heavy (non-hydrogen) atoms. The summed E-state index contributed by atoms with van der Waals surface area (Å²) in [6.45, 7) is 11.4. The Hall–Kier alpha value is -0.120. The van der Waals surface area contributed by atoms with Crippen LogP contribution in [0.2, 0.25) is 0 Å². The molecule has 0 saturated carbocycles. The molecule has 1 atom stereocenters. The topological polar surface area (TPSA) is 38.5 Å². The second-order valence-corrected chi connectivity index (χ2v) is 3.94. The molecule has 0 saturated heterocycles. The first kappa shape index (κ1) is 14.9. The molecule has 0 bridgehead atoms. The number of likely N-dealkylation sites (N-methyl/N-ethyl adjacent to an activating group) is 1. The van der Waals surface area contributed by atoms with Gasteiger partial charge in [-0.05, 0) is 39.3 Å². The molecule has 0 amide bonds. The molecule has 0 rings (SSSR count). The zero-order valence-corrected chi connectivity index (χ0v) is 10.7. The summed E-state index contributed by atoms with van der Waals surface area (Å²) in [5.74, 6) is 0. The standard InChI is InChI=1S/C12H28N2O/c1-4-12(13)8-7-9-14(5-2)10-11-15-6-3/h12H,4-11,13H2,1-3H3. The van der Waals surface area contributed by atoms with Gasteiger partial charge in [-0.1, -0.05) is 13.8 Å². The summed E-state index contributed by atoms with van der Waals surface area (Å²) in [5, 5.41) is 0. The fourth-order valence-corrected chi connectivity index (χ4v) is 1.55. The minimum atomic E-state index is 0.385. The summed E-state index contributed by atoms with van der Waals surface area (Å²) in [6.07, 6.45) is 3.43. The van der Waals surface area contributed by atoms with Gasteiger partial charge >= 0.3 is 0 Å². The predicted octanol–water partition coefficient (Wildman–Crippen LogP) is 1.86. The first-order valence-electron chi connectivity index (χ1n) is 6.30. The predicted molar refractivity (Wildman–Crippen MR) is 66.1 cm³/mol. The normalized spacial score (nSPS) is 13.4. The molecule has 0 aliphatic heterocycles. The number of ether oxygens (including phenoxy) is 1. The third-order valence-electron chi connectivity index (χ3n) is 2.78. The third-order valence-corrected chi connectivity index (χ3v) is 2.78. The molecule has 0 fully saturated rings. The van der Waals surface area contributed by atoms with Crippen LogP contribution in [0.5, 0.6) is 0 Å². The van der Waals surface area contributed by atoms with Crippen LogP contribution in [0.3, 0.4) is 0 Å². The molecule has 0 radical (unpaired) electrons. The lowest BCUT2D eigenvalue weighted by molar-refractivity contribution is 0.114. The quantitative estimate of drug-likeness (QED) is 0.567. The molecule has 3 nitrogen and oxygen atoms in total. The average Bonchev–Trinajstić information content (AvgIpc) is 2.26. The third kappa shape index (κ3) is 8.85. The SMILES string of the molecule is CCOCCN(CC)CCCC(N)CC. The summed E-state index contributed by atoms with van der Waals surface area (Å²) in [4.78, 5) is 2.43. The summed E-state index contributed by atoms with van der Waals surface area (Å²) >= 11 is 0. The van der Waals surface area contributed by atoms with Gasteiger partial charge in [0, 0.05) is 19.2 Å². The van der Waals surface area contributed by atoms with E-state index in [0.717, 1.165) is 45.7 Å².